The van der Waals surface area contributed by atoms with Crippen LogP contribution in [0.5, 0.6) is 0 Å². The second-order valence-corrected chi connectivity index (χ2v) is 6.32. The Kier molecular flexibility index (Phi) is 5.89. The van der Waals surface area contributed by atoms with E-state index in [1.54, 1.807) is 0 Å². The Morgan fingerprint density at radius 2 is 1.53 bits per heavy atom. The summed E-state index contributed by atoms with van der Waals surface area (Å²) in [6.07, 6.45) is 14.9. The fraction of sp³-hybridized carbons (Fsp3) is 0.824. The van der Waals surface area contributed by atoms with E-state index in [2.05, 4.69) is 12.1 Å². The average Bonchev–Trinajstić information content (AvgIpc) is 2.48. The SMILES string of the molecule is N#C[C@H]1CC[C@H]([C@H]2CC[C@H](C=CCCF)CC2)CC1. The van der Waals surface area contributed by atoms with Crippen LogP contribution >= 0.6 is 0 Å². The molecule has 2 fully saturated rings. The van der Waals surface area contributed by atoms with Gasteiger partial charge in [0.1, 0.15) is 0 Å². The van der Waals surface area contributed by atoms with Crippen molar-refractivity contribution in [3.63, 3.8) is 0 Å². The maximum Gasteiger partial charge on any atom is 0.0928 e. The van der Waals surface area contributed by atoms with Crippen LogP contribution in [-0.4, -0.2) is 6.67 Å². The molecule has 2 aliphatic rings. The third-order valence-electron chi connectivity index (χ3n) is 5.12. The number of hydrogen-bond acceptors (Lipinski definition) is 1. The molecule has 2 rings (SSSR count). The highest BCUT2D eigenvalue weighted by Crippen LogP contribution is 2.41. The van der Waals surface area contributed by atoms with Crippen LogP contribution in [0.2, 0.25) is 0 Å². The van der Waals surface area contributed by atoms with Crippen LogP contribution < -0.4 is 0 Å². The summed E-state index contributed by atoms with van der Waals surface area (Å²) < 4.78 is 12.0. The highest BCUT2D eigenvalue weighted by molar-refractivity contribution is 4.93. The molecule has 0 aromatic heterocycles. The molecule has 0 heterocycles. The van der Waals surface area contributed by atoms with Gasteiger partial charge in [-0.25, -0.2) is 0 Å². The van der Waals surface area contributed by atoms with Crippen LogP contribution in [0.25, 0.3) is 0 Å². The zero-order chi connectivity index (χ0) is 13.5. The molecule has 2 aliphatic carbocycles. The van der Waals surface area contributed by atoms with Gasteiger partial charge >= 0.3 is 0 Å². The number of allylic oxidation sites excluding steroid dienone is 2. The van der Waals surface area contributed by atoms with Crippen molar-refractivity contribution in [1.82, 2.24) is 0 Å². The van der Waals surface area contributed by atoms with Gasteiger partial charge in [-0.3, -0.25) is 4.39 Å². The van der Waals surface area contributed by atoms with Gasteiger partial charge in [0.2, 0.25) is 0 Å². The third-order valence-corrected chi connectivity index (χ3v) is 5.12. The summed E-state index contributed by atoms with van der Waals surface area (Å²) in [5.41, 5.74) is 0. The summed E-state index contributed by atoms with van der Waals surface area (Å²) in [4.78, 5) is 0. The Balaban J connectivity index is 1.70. The second kappa shape index (κ2) is 7.68. The van der Waals surface area contributed by atoms with Crippen molar-refractivity contribution in [3.8, 4) is 6.07 Å². The maximum absolute atomic E-state index is 12.0. The van der Waals surface area contributed by atoms with Crippen LogP contribution in [0.15, 0.2) is 12.2 Å². The number of alkyl halides is 1. The molecular formula is C17H26FN. The highest BCUT2D eigenvalue weighted by atomic mass is 19.1. The van der Waals surface area contributed by atoms with Crippen LogP contribution in [0.3, 0.4) is 0 Å². The lowest BCUT2D eigenvalue weighted by molar-refractivity contribution is 0.168. The summed E-state index contributed by atoms with van der Waals surface area (Å²) in [6, 6.07) is 2.42. The fourth-order valence-corrected chi connectivity index (χ4v) is 3.88. The van der Waals surface area contributed by atoms with Crippen LogP contribution in [-0.2, 0) is 0 Å². The predicted octanol–water partition coefficient (Wildman–Crippen LogP) is 5.04. The molecule has 0 atom stereocenters. The number of rotatable bonds is 4. The Bertz CT molecular complexity index is 315. The van der Waals surface area contributed by atoms with Gasteiger partial charge in [0, 0.05) is 5.92 Å². The van der Waals surface area contributed by atoms with Crippen molar-refractivity contribution in [2.45, 2.75) is 57.8 Å². The molecule has 0 unspecified atom stereocenters. The summed E-state index contributed by atoms with van der Waals surface area (Å²) in [6.45, 7) is -0.228. The van der Waals surface area contributed by atoms with Crippen molar-refractivity contribution >= 4 is 0 Å². The van der Waals surface area contributed by atoms with Crippen LogP contribution in [0.4, 0.5) is 4.39 Å². The van der Waals surface area contributed by atoms with Gasteiger partial charge in [-0.1, -0.05) is 12.2 Å². The van der Waals surface area contributed by atoms with E-state index in [0.29, 0.717) is 18.3 Å². The largest absolute Gasteiger partial charge is 0.251 e. The average molecular weight is 263 g/mol. The molecule has 2 saturated carbocycles. The normalized spacial score (nSPS) is 36.2. The van der Waals surface area contributed by atoms with Gasteiger partial charge in [-0.05, 0) is 75.5 Å². The van der Waals surface area contributed by atoms with Gasteiger partial charge in [0.15, 0.2) is 0 Å². The van der Waals surface area contributed by atoms with Crippen molar-refractivity contribution in [1.29, 1.82) is 5.26 Å². The Hall–Kier alpha value is -0.840. The van der Waals surface area contributed by atoms with Crippen molar-refractivity contribution < 1.29 is 4.39 Å². The molecule has 0 radical (unpaired) electrons. The molecule has 0 aromatic rings. The van der Waals surface area contributed by atoms with Gasteiger partial charge in [0.25, 0.3) is 0 Å². The molecule has 0 amide bonds. The van der Waals surface area contributed by atoms with Crippen molar-refractivity contribution in [3.05, 3.63) is 12.2 Å². The van der Waals surface area contributed by atoms with E-state index in [1.165, 1.54) is 38.5 Å². The summed E-state index contributed by atoms with van der Waals surface area (Å²) in [5.74, 6) is 2.79. The third kappa shape index (κ3) is 4.34. The quantitative estimate of drug-likeness (QED) is 0.652. The van der Waals surface area contributed by atoms with E-state index in [9.17, 15) is 4.39 Å². The Labute approximate surface area is 116 Å². The van der Waals surface area contributed by atoms with E-state index >= 15 is 0 Å². The standard InChI is InChI=1S/C17H26FN/c18-12-2-1-3-14-4-8-16(9-5-14)17-10-6-15(13-19)7-11-17/h1,3,14-17H,2,4-12H2/t14-,15-,16-,17-. The maximum atomic E-state index is 12.0. The molecule has 19 heavy (non-hydrogen) atoms. The minimum Gasteiger partial charge on any atom is -0.251 e. The number of hydrogen-bond donors (Lipinski definition) is 0. The molecule has 0 spiro atoms. The first-order valence-electron chi connectivity index (χ1n) is 7.95. The highest BCUT2D eigenvalue weighted by Gasteiger charge is 2.30. The van der Waals surface area contributed by atoms with Gasteiger partial charge in [0.05, 0.1) is 12.7 Å². The number of halogens is 1. The first-order valence-corrected chi connectivity index (χ1v) is 7.95. The lowest BCUT2D eigenvalue weighted by Crippen LogP contribution is -2.25. The van der Waals surface area contributed by atoms with Crippen molar-refractivity contribution in [2.24, 2.45) is 23.7 Å². The second-order valence-electron chi connectivity index (χ2n) is 6.32. The molecule has 0 aromatic carbocycles. The van der Waals surface area contributed by atoms with Crippen molar-refractivity contribution in [2.75, 3.05) is 6.67 Å². The van der Waals surface area contributed by atoms with E-state index in [4.69, 9.17) is 5.26 Å². The molecule has 0 bridgehead atoms. The monoisotopic (exact) mass is 263 g/mol. The fourth-order valence-electron chi connectivity index (χ4n) is 3.88. The van der Waals surface area contributed by atoms with E-state index < -0.39 is 0 Å². The van der Waals surface area contributed by atoms with Gasteiger partial charge in [-0.2, -0.15) is 5.26 Å². The van der Waals surface area contributed by atoms with Gasteiger partial charge in [-0.15, -0.1) is 0 Å². The van der Waals surface area contributed by atoms with Gasteiger partial charge < -0.3 is 0 Å². The first kappa shape index (κ1) is 14.6. The van der Waals surface area contributed by atoms with E-state index in [1.807, 2.05) is 6.08 Å². The molecule has 106 valence electrons. The zero-order valence-corrected chi connectivity index (χ0v) is 11.9. The minimum atomic E-state index is -0.228. The van der Waals surface area contributed by atoms with Crippen LogP contribution in [0.1, 0.15) is 57.8 Å². The lowest BCUT2D eigenvalue weighted by Gasteiger charge is -2.36. The number of nitriles is 1. The lowest BCUT2D eigenvalue weighted by atomic mass is 9.69. The molecule has 0 N–H and O–H groups in total. The molecule has 2 heteroatoms. The molecule has 0 aliphatic heterocycles. The van der Waals surface area contributed by atoms with Crippen LogP contribution in [0, 0.1) is 35.0 Å². The summed E-state index contributed by atoms with van der Waals surface area (Å²) >= 11 is 0. The Morgan fingerprint density at radius 3 is 2.05 bits per heavy atom. The summed E-state index contributed by atoms with van der Waals surface area (Å²) in [7, 11) is 0. The molecule has 1 nitrogen and oxygen atoms in total. The summed E-state index contributed by atoms with van der Waals surface area (Å²) in [5, 5.41) is 8.94. The topological polar surface area (TPSA) is 23.8 Å². The smallest absolute Gasteiger partial charge is 0.0928 e. The zero-order valence-electron chi connectivity index (χ0n) is 11.9. The molecular weight excluding hydrogens is 237 g/mol. The van der Waals surface area contributed by atoms with E-state index in [0.717, 1.165) is 24.7 Å². The molecule has 0 saturated heterocycles. The minimum absolute atomic E-state index is 0.228. The Morgan fingerprint density at radius 1 is 0.947 bits per heavy atom. The number of nitrogens with zero attached hydrogens (tertiary/aromatic N) is 1. The van der Waals surface area contributed by atoms with E-state index in [-0.39, 0.29) is 6.67 Å². The first-order chi connectivity index (χ1) is 9.33. The predicted molar refractivity (Wildman–Crippen MR) is 76.2 cm³/mol.